The van der Waals surface area contributed by atoms with E-state index < -0.39 is 10.7 Å². The molecule has 0 bridgehead atoms. The molecule has 0 aliphatic heterocycles. The molecule has 7 nitrogen and oxygen atoms in total. The number of hydrogen-bond acceptors (Lipinski definition) is 6. The first kappa shape index (κ1) is 18.4. The van der Waals surface area contributed by atoms with Gasteiger partial charge in [0.15, 0.2) is 11.5 Å². The van der Waals surface area contributed by atoms with Gasteiger partial charge in [-0.05, 0) is 60.4 Å². The van der Waals surface area contributed by atoms with Crippen LogP contribution in [0.1, 0.15) is 32.6 Å². The first-order chi connectivity index (χ1) is 12.8. The van der Waals surface area contributed by atoms with Gasteiger partial charge in [0.05, 0.1) is 19.1 Å². The minimum Gasteiger partial charge on any atom is -0.507 e. The second kappa shape index (κ2) is 6.75. The predicted octanol–water partition coefficient (Wildman–Crippen LogP) is 3.76. The number of nitro benzene ring substituents is 1. The van der Waals surface area contributed by atoms with E-state index in [-0.39, 0.29) is 34.9 Å². The molecule has 0 saturated heterocycles. The summed E-state index contributed by atoms with van der Waals surface area (Å²) in [5.41, 5.74) is 2.77. The maximum Gasteiger partial charge on any atom is 0.326 e. The molecule has 1 aliphatic carbocycles. The van der Waals surface area contributed by atoms with Crippen LogP contribution >= 0.6 is 0 Å². The van der Waals surface area contributed by atoms with Crippen molar-refractivity contribution in [3.63, 3.8) is 0 Å². The Kier molecular flexibility index (Phi) is 4.61. The summed E-state index contributed by atoms with van der Waals surface area (Å²) in [6, 6.07) is 5.13. The van der Waals surface area contributed by atoms with Crippen LogP contribution in [0.3, 0.4) is 0 Å². The summed E-state index contributed by atoms with van der Waals surface area (Å²) in [5.74, 6) is -0.0372. The molecule has 0 fully saturated rings. The Bertz CT molecular complexity index is 983. The van der Waals surface area contributed by atoms with Crippen LogP contribution in [0.25, 0.3) is 6.08 Å². The Labute approximate surface area is 156 Å². The largest absolute Gasteiger partial charge is 0.507 e. The van der Waals surface area contributed by atoms with E-state index in [9.17, 15) is 20.0 Å². The third-order valence-electron chi connectivity index (χ3n) is 4.66. The summed E-state index contributed by atoms with van der Waals surface area (Å²) in [6.45, 7) is 3.55. The van der Waals surface area contributed by atoms with Gasteiger partial charge in [-0.25, -0.2) is 0 Å². The van der Waals surface area contributed by atoms with Crippen molar-refractivity contribution in [3.05, 3.63) is 61.7 Å². The number of methoxy groups -OCH3 is 2. The van der Waals surface area contributed by atoms with Crippen molar-refractivity contribution in [1.29, 1.82) is 0 Å². The number of carbonyl (C=O) groups excluding carboxylic acids is 1. The molecule has 0 amide bonds. The number of nitrogens with zero attached hydrogens (tertiary/aromatic N) is 1. The third-order valence-corrected chi connectivity index (χ3v) is 4.66. The highest BCUT2D eigenvalue weighted by molar-refractivity contribution is 6.18. The van der Waals surface area contributed by atoms with E-state index in [4.69, 9.17) is 9.47 Å². The Hall–Kier alpha value is -3.35. The number of ketones is 1. The van der Waals surface area contributed by atoms with Crippen molar-refractivity contribution >= 4 is 17.5 Å². The molecular weight excluding hydrogens is 350 g/mol. The molecule has 2 aromatic carbocycles. The number of rotatable bonds is 4. The van der Waals surface area contributed by atoms with Crippen molar-refractivity contribution < 1.29 is 24.3 Å². The number of Topliss-reactive ketones (excluding diaryl/α,β-unsaturated/α-hetero) is 1. The normalized spacial score (nSPS) is 14.4. The number of benzene rings is 2. The van der Waals surface area contributed by atoms with Crippen molar-refractivity contribution in [2.75, 3.05) is 14.2 Å². The average molecular weight is 369 g/mol. The summed E-state index contributed by atoms with van der Waals surface area (Å²) in [5, 5.41) is 21.5. The SMILES string of the molecule is COc1cc2c(c([N+](=O)[O-])c1OC)C(=O)/C(=C/c1cc(C)c(O)c(C)c1)C2. The molecule has 0 atom stereocenters. The summed E-state index contributed by atoms with van der Waals surface area (Å²) >= 11 is 0. The zero-order valence-corrected chi connectivity index (χ0v) is 15.5. The van der Waals surface area contributed by atoms with Crippen LogP contribution in [0.4, 0.5) is 5.69 Å². The molecule has 0 aromatic heterocycles. The molecule has 0 saturated carbocycles. The van der Waals surface area contributed by atoms with Crippen LogP contribution in [0.15, 0.2) is 23.8 Å². The van der Waals surface area contributed by atoms with Gasteiger partial charge in [0.2, 0.25) is 5.75 Å². The maximum absolute atomic E-state index is 12.9. The van der Waals surface area contributed by atoms with Gasteiger partial charge < -0.3 is 14.6 Å². The average Bonchev–Trinajstić information content (AvgIpc) is 2.93. The summed E-state index contributed by atoms with van der Waals surface area (Å²) in [4.78, 5) is 23.9. The van der Waals surface area contributed by atoms with Gasteiger partial charge in [0, 0.05) is 12.0 Å². The molecule has 7 heteroatoms. The second-order valence-corrected chi connectivity index (χ2v) is 6.43. The lowest BCUT2D eigenvalue weighted by atomic mass is 10.0. The number of nitro groups is 1. The van der Waals surface area contributed by atoms with E-state index in [0.29, 0.717) is 22.3 Å². The van der Waals surface area contributed by atoms with E-state index in [1.807, 2.05) is 0 Å². The molecule has 0 radical (unpaired) electrons. The molecule has 0 spiro atoms. The highest BCUT2D eigenvalue weighted by atomic mass is 16.6. The number of fused-ring (bicyclic) bond motifs is 1. The third kappa shape index (κ3) is 3.01. The fourth-order valence-corrected chi connectivity index (χ4v) is 3.43. The molecule has 3 rings (SSSR count). The number of phenols is 1. The molecule has 1 aliphatic rings. The van der Waals surface area contributed by atoms with Gasteiger partial charge in [0.25, 0.3) is 0 Å². The van der Waals surface area contributed by atoms with Crippen LogP contribution in [-0.4, -0.2) is 30.0 Å². The minimum absolute atomic E-state index is 0.0381. The first-order valence-electron chi connectivity index (χ1n) is 8.26. The van der Waals surface area contributed by atoms with Gasteiger partial charge in [-0.3, -0.25) is 14.9 Å². The van der Waals surface area contributed by atoms with Crippen LogP contribution in [0.2, 0.25) is 0 Å². The first-order valence-corrected chi connectivity index (χ1v) is 8.26. The second-order valence-electron chi connectivity index (χ2n) is 6.43. The molecule has 0 heterocycles. The Morgan fingerprint density at radius 3 is 2.30 bits per heavy atom. The Balaban J connectivity index is 2.15. The maximum atomic E-state index is 12.9. The van der Waals surface area contributed by atoms with E-state index in [1.165, 1.54) is 14.2 Å². The molecular formula is C20H19NO6. The van der Waals surface area contributed by atoms with Gasteiger partial charge in [-0.1, -0.05) is 0 Å². The van der Waals surface area contributed by atoms with Crippen LogP contribution in [0, 0.1) is 24.0 Å². The van der Waals surface area contributed by atoms with Crippen LogP contribution in [0.5, 0.6) is 17.2 Å². The van der Waals surface area contributed by atoms with Gasteiger partial charge >= 0.3 is 5.69 Å². The summed E-state index contributed by atoms with van der Waals surface area (Å²) < 4.78 is 10.3. The van der Waals surface area contributed by atoms with Gasteiger partial charge in [-0.2, -0.15) is 0 Å². The fraction of sp³-hybridized carbons (Fsp3) is 0.250. The molecule has 2 aromatic rings. The standard InChI is InChI=1S/C20H19NO6/c1-10-5-12(6-11(2)18(10)22)7-14-8-13-9-15(26-3)20(27-4)17(21(24)25)16(13)19(14)23/h5-7,9,22H,8H2,1-4H3/b14-7+. The smallest absolute Gasteiger partial charge is 0.326 e. The van der Waals surface area contributed by atoms with E-state index in [2.05, 4.69) is 0 Å². The minimum atomic E-state index is -0.615. The van der Waals surface area contributed by atoms with E-state index in [1.54, 1.807) is 38.1 Å². The van der Waals surface area contributed by atoms with Gasteiger partial charge in [0.1, 0.15) is 11.3 Å². The Morgan fingerprint density at radius 1 is 1.15 bits per heavy atom. The van der Waals surface area contributed by atoms with Crippen molar-refractivity contribution in [1.82, 2.24) is 0 Å². The zero-order chi connectivity index (χ0) is 19.9. The van der Waals surface area contributed by atoms with Crippen molar-refractivity contribution in [2.24, 2.45) is 0 Å². The Morgan fingerprint density at radius 2 is 1.78 bits per heavy atom. The highest BCUT2D eigenvalue weighted by Gasteiger charge is 2.38. The number of carbonyl (C=O) groups is 1. The zero-order valence-electron chi connectivity index (χ0n) is 15.5. The fourth-order valence-electron chi connectivity index (χ4n) is 3.43. The quantitative estimate of drug-likeness (QED) is 0.500. The number of phenolic OH excluding ortho intramolecular Hbond substituents is 1. The predicted molar refractivity (Wildman–Crippen MR) is 99.8 cm³/mol. The lowest BCUT2D eigenvalue weighted by molar-refractivity contribution is -0.386. The molecule has 27 heavy (non-hydrogen) atoms. The lowest BCUT2D eigenvalue weighted by Gasteiger charge is -2.10. The number of hydrogen-bond donors (Lipinski definition) is 1. The lowest BCUT2D eigenvalue weighted by Crippen LogP contribution is -2.05. The number of allylic oxidation sites excluding steroid dienone is 1. The summed E-state index contributed by atoms with van der Waals surface area (Å²) in [7, 11) is 2.69. The van der Waals surface area contributed by atoms with E-state index in [0.717, 1.165) is 5.56 Å². The van der Waals surface area contributed by atoms with Crippen LogP contribution in [-0.2, 0) is 6.42 Å². The number of aromatic hydroxyl groups is 1. The molecule has 0 unspecified atom stereocenters. The van der Waals surface area contributed by atoms with Crippen molar-refractivity contribution in [2.45, 2.75) is 20.3 Å². The highest BCUT2D eigenvalue weighted by Crippen LogP contribution is 2.46. The van der Waals surface area contributed by atoms with Crippen LogP contribution < -0.4 is 9.47 Å². The summed E-state index contributed by atoms with van der Waals surface area (Å²) in [6.07, 6.45) is 1.96. The molecule has 140 valence electrons. The topological polar surface area (TPSA) is 98.9 Å². The number of aryl methyl sites for hydroxylation is 2. The van der Waals surface area contributed by atoms with E-state index >= 15 is 0 Å². The molecule has 1 N–H and O–H groups in total. The van der Waals surface area contributed by atoms with Crippen molar-refractivity contribution in [3.8, 4) is 17.2 Å². The van der Waals surface area contributed by atoms with Gasteiger partial charge in [-0.15, -0.1) is 0 Å². The number of ether oxygens (including phenoxy) is 2. The monoisotopic (exact) mass is 369 g/mol.